The molecule has 1 aliphatic rings. The highest BCUT2D eigenvalue weighted by molar-refractivity contribution is 5.99. The standard InChI is InChI=1S/C13H15NO4/c1-14-7-10(11(12(14)15)13(16)17)8-3-5-9(18-2)6-4-8/h3-6,10-11H,7H2,1-2H3,(H,16,17)/t10?,11-/m0/s1. The van der Waals surface area contributed by atoms with Crippen molar-refractivity contribution in [3.8, 4) is 5.75 Å². The van der Waals surface area contributed by atoms with Gasteiger partial charge in [-0.25, -0.2) is 0 Å². The van der Waals surface area contributed by atoms with Crippen LogP contribution in [-0.4, -0.2) is 42.6 Å². The average molecular weight is 249 g/mol. The molecule has 0 aliphatic carbocycles. The van der Waals surface area contributed by atoms with Crippen molar-refractivity contribution in [3.05, 3.63) is 29.8 Å². The second-order valence-electron chi connectivity index (χ2n) is 4.41. The number of carboxylic acids is 1. The Hall–Kier alpha value is -2.04. The molecule has 2 atom stereocenters. The zero-order valence-electron chi connectivity index (χ0n) is 10.3. The predicted octanol–water partition coefficient (Wildman–Crippen LogP) is 0.952. The van der Waals surface area contributed by atoms with Crippen LogP contribution in [0.15, 0.2) is 24.3 Å². The Morgan fingerprint density at radius 3 is 2.50 bits per heavy atom. The number of carboxylic acid groups (broad SMARTS) is 1. The number of likely N-dealkylation sites (N-methyl/N-ethyl adjacent to an activating group) is 1. The number of rotatable bonds is 3. The Balaban J connectivity index is 2.30. The van der Waals surface area contributed by atoms with Crippen LogP contribution in [0.2, 0.25) is 0 Å². The minimum atomic E-state index is -1.06. The van der Waals surface area contributed by atoms with Gasteiger partial charge in [-0.05, 0) is 17.7 Å². The van der Waals surface area contributed by atoms with Crippen LogP contribution in [-0.2, 0) is 9.59 Å². The van der Waals surface area contributed by atoms with Gasteiger partial charge in [0.05, 0.1) is 7.11 Å². The molecule has 2 rings (SSSR count). The third-order valence-electron chi connectivity index (χ3n) is 3.33. The van der Waals surface area contributed by atoms with E-state index in [1.807, 2.05) is 12.1 Å². The van der Waals surface area contributed by atoms with Crippen LogP contribution in [0.5, 0.6) is 5.75 Å². The number of methoxy groups -OCH3 is 1. The molecule has 1 aliphatic heterocycles. The first kappa shape index (κ1) is 12.4. The first-order chi connectivity index (χ1) is 8.54. The molecular formula is C13H15NO4. The number of aliphatic carboxylic acids is 1. The minimum absolute atomic E-state index is 0.300. The zero-order chi connectivity index (χ0) is 13.3. The molecule has 1 N–H and O–H groups in total. The number of ether oxygens (including phenoxy) is 1. The highest BCUT2D eigenvalue weighted by atomic mass is 16.5. The van der Waals surface area contributed by atoms with E-state index in [1.165, 1.54) is 4.90 Å². The smallest absolute Gasteiger partial charge is 0.316 e. The summed E-state index contributed by atoms with van der Waals surface area (Å²) in [6.45, 7) is 0.433. The quantitative estimate of drug-likeness (QED) is 0.810. The summed E-state index contributed by atoms with van der Waals surface area (Å²) in [7, 11) is 3.20. The molecule has 5 nitrogen and oxygen atoms in total. The summed E-state index contributed by atoms with van der Waals surface area (Å²) < 4.78 is 5.05. The van der Waals surface area contributed by atoms with Gasteiger partial charge in [-0.1, -0.05) is 12.1 Å². The predicted molar refractivity (Wildman–Crippen MR) is 64.5 cm³/mol. The Bertz CT molecular complexity index is 468. The van der Waals surface area contributed by atoms with Crippen molar-refractivity contribution in [1.82, 2.24) is 4.90 Å². The Kier molecular flexibility index (Phi) is 3.23. The van der Waals surface area contributed by atoms with Gasteiger partial charge in [0, 0.05) is 19.5 Å². The Morgan fingerprint density at radius 1 is 1.39 bits per heavy atom. The van der Waals surface area contributed by atoms with Gasteiger partial charge in [-0.2, -0.15) is 0 Å². The molecule has 1 unspecified atom stereocenters. The number of nitrogens with zero attached hydrogens (tertiary/aromatic N) is 1. The molecule has 1 heterocycles. The number of hydrogen-bond acceptors (Lipinski definition) is 3. The van der Waals surface area contributed by atoms with Crippen LogP contribution < -0.4 is 4.74 Å². The van der Waals surface area contributed by atoms with Crippen LogP contribution in [0.25, 0.3) is 0 Å². The lowest BCUT2D eigenvalue weighted by Crippen LogP contribution is -2.28. The normalized spacial score (nSPS) is 23.2. The Morgan fingerprint density at radius 2 is 2.00 bits per heavy atom. The fraction of sp³-hybridized carbons (Fsp3) is 0.385. The van der Waals surface area contributed by atoms with Crippen molar-refractivity contribution in [3.63, 3.8) is 0 Å². The van der Waals surface area contributed by atoms with Crippen LogP contribution >= 0.6 is 0 Å². The van der Waals surface area contributed by atoms with Crippen molar-refractivity contribution in [1.29, 1.82) is 0 Å². The molecule has 0 saturated carbocycles. The molecule has 96 valence electrons. The second-order valence-corrected chi connectivity index (χ2v) is 4.41. The third kappa shape index (κ3) is 2.03. The van der Waals surface area contributed by atoms with Crippen LogP contribution in [0.1, 0.15) is 11.5 Å². The van der Waals surface area contributed by atoms with E-state index in [0.717, 1.165) is 5.56 Å². The van der Waals surface area contributed by atoms with E-state index in [2.05, 4.69) is 0 Å². The summed E-state index contributed by atoms with van der Waals surface area (Å²) in [5, 5.41) is 9.16. The minimum Gasteiger partial charge on any atom is -0.497 e. The number of amides is 1. The summed E-state index contributed by atoms with van der Waals surface area (Å²) in [6.07, 6.45) is 0. The van der Waals surface area contributed by atoms with E-state index >= 15 is 0 Å². The van der Waals surface area contributed by atoms with E-state index in [9.17, 15) is 9.59 Å². The van der Waals surface area contributed by atoms with Gasteiger partial charge in [0.25, 0.3) is 0 Å². The largest absolute Gasteiger partial charge is 0.497 e. The number of benzene rings is 1. The summed E-state index contributed by atoms with van der Waals surface area (Å²) in [6, 6.07) is 7.17. The monoisotopic (exact) mass is 249 g/mol. The molecule has 1 aromatic rings. The highest BCUT2D eigenvalue weighted by Gasteiger charge is 2.44. The molecule has 0 aromatic heterocycles. The van der Waals surface area contributed by atoms with Crippen molar-refractivity contribution in [2.75, 3.05) is 20.7 Å². The molecule has 1 saturated heterocycles. The Labute approximate surface area is 105 Å². The number of carbonyl (C=O) groups is 2. The van der Waals surface area contributed by atoms with Gasteiger partial charge in [-0.15, -0.1) is 0 Å². The van der Waals surface area contributed by atoms with Gasteiger partial charge in [0.2, 0.25) is 5.91 Å². The zero-order valence-corrected chi connectivity index (χ0v) is 10.3. The fourth-order valence-corrected chi connectivity index (χ4v) is 2.33. The molecule has 1 aromatic carbocycles. The first-order valence-corrected chi connectivity index (χ1v) is 5.66. The topological polar surface area (TPSA) is 66.8 Å². The molecule has 5 heteroatoms. The first-order valence-electron chi connectivity index (χ1n) is 5.66. The lowest BCUT2D eigenvalue weighted by atomic mass is 9.88. The maximum Gasteiger partial charge on any atom is 0.316 e. The van der Waals surface area contributed by atoms with Crippen LogP contribution in [0, 0.1) is 5.92 Å². The molecule has 1 fully saturated rings. The lowest BCUT2D eigenvalue weighted by Gasteiger charge is -2.13. The van der Waals surface area contributed by atoms with E-state index in [0.29, 0.717) is 12.3 Å². The number of hydrogen-bond donors (Lipinski definition) is 1. The third-order valence-corrected chi connectivity index (χ3v) is 3.33. The van der Waals surface area contributed by atoms with Gasteiger partial charge < -0.3 is 14.7 Å². The molecule has 1 amide bonds. The molecular weight excluding hydrogens is 234 g/mol. The molecule has 0 spiro atoms. The maximum atomic E-state index is 11.8. The van der Waals surface area contributed by atoms with Gasteiger partial charge in [0.1, 0.15) is 11.7 Å². The maximum absolute atomic E-state index is 11.8. The van der Waals surface area contributed by atoms with E-state index in [1.54, 1.807) is 26.3 Å². The summed E-state index contributed by atoms with van der Waals surface area (Å²) >= 11 is 0. The van der Waals surface area contributed by atoms with E-state index in [4.69, 9.17) is 9.84 Å². The van der Waals surface area contributed by atoms with Crippen LogP contribution in [0.3, 0.4) is 0 Å². The SMILES string of the molecule is COc1ccc(C2CN(C)C(=O)[C@H]2C(=O)O)cc1. The van der Waals surface area contributed by atoms with Crippen LogP contribution in [0.4, 0.5) is 0 Å². The number of carbonyl (C=O) groups excluding carboxylic acids is 1. The fourth-order valence-electron chi connectivity index (χ4n) is 2.33. The molecule has 0 bridgehead atoms. The van der Waals surface area contributed by atoms with Gasteiger partial charge in [0.15, 0.2) is 0 Å². The second kappa shape index (κ2) is 4.68. The van der Waals surface area contributed by atoms with Gasteiger partial charge in [-0.3, -0.25) is 9.59 Å². The van der Waals surface area contributed by atoms with E-state index < -0.39 is 11.9 Å². The number of likely N-dealkylation sites (tertiary alicyclic amines) is 1. The molecule has 18 heavy (non-hydrogen) atoms. The average Bonchev–Trinajstić information content (AvgIpc) is 2.66. The van der Waals surface area contributed by atoms with Crippen molar-refractivity contribution in [2.45, 2.75) is 5.92 Å². The van der Waals surface area contributed by atoms with Gasteiger partial charge >= 0.3 is 5.97 Å². The lowest BCUT2D eigenvalue weighted by molar-refractivity contribution is -0.147. The van der Waals surface area contributed by atoms with Crippen molar-refractivity contribution >= 4 is 11.9 Å². The summed E-state index contributed by atoms with van der Waals surface area (Å²) in [5.41, 5.74) is 0.848. The summed E-state index contributed by atoms with van der Waals surface area (Å²) in [4.78, 5) is 24.4. The molecule has 0 radical (unpaired) electrons. The van der Waals surface area contributed by atoms with Crippen molar-refractivity contribution in [2.24, 2.45) is 5.92 Å². The highest BCUT2D eigenvalue weighted by Crippen LogP contribution is 2.33. The van der Waals surface area contributed by atoms with Crippen molar-refractivity contribution < 1.29 is 19.4 Å². The summed E-state index contributed by atoms with van der Waals surface area (Å²) in [5.74, 6) is -1.97. The van der Waals surface area contributed by atoms with E-state index in [-0.39, 0.29) is 11.8 Å².